The minimum absolute atomic E-state index is 0.0153. The van der Waals surface area contributed by atoms with Crippen LogP contribution in [0.2, 0.25) is 0 Å². The van der Waals surface area contributed by atoms with Gasteiger partial charge in [0.25, 0.3) is 0 Å². The number of carbonyl (C=O) groups is 1. The van der Waals surface area contributed by atoms with Crippen molar-refractivity contribution in [3.63, 3.8) is 0 Å². The number of benzene rings is 2. The monoisotopic (exact) mass is 451 g/mol. The first-order chi connectivity index (χ1) is 15.7. The number of amides is 1. The molecule has 0 radical (unpaired) electrons. The van der Waals surface area contributed by atoms with Gasteiger partial charge in [0.2, 0.25) is 17.6 Å². The number of hydrogen-bond donors (Lipinski definition) is 3. The minimum Gasteiger partial charge on any atom is -0.493 e. The molecule has 0 bridgehead atoms. The summed E-state index contributed by atoms with van der Waals surface area (Å²) in [7, 11) is 0. The molecule has 2 fully saturated rings. The number of thioether (sulfide) groups is 1. The highest BCUT2D eigenvalue weighted by Gasteiger charge is 2.45. The second-order valence-electron chi connectivity index (χ2n) is 7.74. The molecular formula is C23H25N5O3S. The van der Waals surface area contributed by atoms with Crippen LogP contribution in [-0.2, 0) is 10.5 Å². The lowest BCUT2D eigenvalue weighted by Gasteiger charge is -2.35. The molecule has 166 valence electrons. The normalized spacial score (nSPS) is 24.7. The molecule has 8 nitrogen and oxygen atoms in total. The number of nitrogens with zero attached hydrogens (tertiary/aromatic N) is 2. The van der Waals surface area contributed by atoms with Gasteiger partial charge in [-0.3, -0.25) is 10.1 Å². The van der Waals surface area contributed by atoms with Gasteiger partial charge in [0, 0.05) is 18.5 Å². The Kier molecular flexibility index (Phi) is 6.11. The summed E-state index contributed by atoms with van der Waals surface area (Å²) >= 11 is 1.53. The summed E-state index contributed by atoms with van der Waals surface area (Å²) in [5.41, 5.74) is 1.79. The lowest BCUT2D eigenvalue weighted by Crippen LogP contribution is -2.64. The first-order valence-electron chi connectivity index (χ1n) is 10.7. The second-order valence-corrected chi connectivity index (χ2v) is 8.83. The zero-order valence-corrected chi connectivity index (χ0v) is 18.5. The van der Waals surface area contributed by atoms with Gasteiger partial charge in [-0.15, -0.1) is 11.8 Å². The average Bonchev–Trinajstić information content (AvgIpc) is 3.46. The van der Waals surface area contributed by atoms with Gasteiger partial charge in [0.1, 0.15) is 17.3 Å². The Balaban J connectivity index is 1.25. The minimum atomic E-state index is -0.235. The van der Waals surface area contributed by atoms with Gasteiger partial charge in [-0.1, -0.05) is 47.6 Å². The maximum Gasteiger partial charge on any atom is 0.240 e. The summed E-state index contributed by atoms with van der Waals surface area (Å²) in [6, 6.07) is 17.7. The van der Waals surface area contributed by atoms with Crippen LogP contribution in [0.25, 0.3) is 11.4 Å². The number of fused-ring (bicyclic) bond motifs is 1. The van der Waals surface area contributed by atoms with Crippen LogP contribution in [0, 0.1) is 0 Å². The van der Waals surface area contributed by atoms with Crippen molar-refractivity contribution in [3.8, 4) is 17.1 Å². The van der Waals surface area contributed by atoms with Gasteiger partial charge >= 0.3 is 0 Å². The molecule has 1 amide bonds. The van der Waals surface area contributed by atoms with E-state index in [1.807, 2.05) is 49.4 Å². The van der Waals surface area contributed by atoms with Crippen LogP contribution >= 0.6 is 11.8 Å². The van der Waals surface area contributed by atoms with Gasteiger partial charge in [-0.2, -0.15) is 4.98 Å². The van der Waals surface area contributed by atoms with E-state index in [1.54, 1.807) is 0 Å². The lowest BCUT2D eigenvalue weighted by molar-refractivity contribution is -0.125. The molecule has 0 saturated carbocycles. The van der Waals surface area contributed by atoms with Gasteiger partial charge in [0.05, 0.1) is 17.9 Å². The van der Waals surface area contributed by atoms with Crippen LogP contribution in [0.1, 0.15) is 24.3 Å². The Morgan fingerprint density at radius 1 is 1.16 bits per heavy atom. The Morgan fingerprint density at radius 3 is 2.81 bits per heavy atom. The molecule has 9 heteroatoms. The van der Waals surface area contributed by atoms with Crippen molar-refractivity contribution >= 4 is 17.7 Å². The van der Waals surface area contributed by atoms with E-state index in [0.29, 0.717) is 24.1 Å². The smallest absolute Gasteiger partial charge is 0.240 e. The van der Waals surface area contributed by atoms with E-state index in [1.165, 1.54) is 17.3 Å². The summed E-state index contributed by atoms with van der Waals surface area (Å²) < 4.78 is 11.1. The molecule has 2 saturated heterocycles. The Bertz CT molecular complexity index is 1080. The van der Waals surface area contributed by atoms with Crippen molar-refractivity contribution in [2.24, 2.45) is 0 Å². The van der Waals surface area contributed by atoms with E-state index < -0.39 is 0 Å². The number of carbonyl (C=O) groups excluding carboxylic acids is 1. The van der Waals surface area contributed by atoms with Crippen LogP contribution < -0.4 is 20.7 Å². The number of rotatable bonds is 7. The third kappa shape index (κ3) is 4.23. The van der Waals surface area contributed by atoms with E-state index in [2.05, 4.69) is 38.2 Å². The molecule has 2 aliphatic heterocycles. The van der Waals surface area contributed by atoms with Gasteiger partial charge in [0.15, 0.2) is 0 Å². The molecule has 4 atom stereocenters. The van der Waals surface area contributed by atoms with E-state index >= 15 is 0 Å². The summed E-state index contributed by atoms with van der Waals surface area (Å²) in [6.07, 6.45) is 0. The molecule has 0 spiro atoms. The third-order valence-corrected chi connectivity index (χ3v) is 6.75. The predicted molar refractivity (Wildman–Crippen MR) is 122 cm³/mol. The molecule has 2 aliphatic rings. The molecule has 1 aromatic heterocycles. The molecule has 2 aromatic carbocycles. The van der Waals surface area contributed by atoms with Crippen molar-refractivity contribution in [2.75, 3.05) is 13.2 Å². The summed E-state index contributed by atoms with van der Waals surface area (Å²) in [4.78, 5) is 17.2. The molecule has 0 aliphatic carbocycles. The third-order valence-electron chi connectivity index (χ3n) is 5.75. The van der Waals surface area contributed by atoms with E-state index in [9.17, 15) is 4.79 Å². The highest BCUT2D eigenvalue weighted by molar-refractivity contribution is 7.99. The highest BCUT2D eigenvalue weighted by atomic mass is 32.2. The number of hydrogen-bond acceptors (Lipinski definition) is 8. The maximum atomic E-state index is 12.7. The SMILES string of the molecule is CCOc1ccccc1-c1noc(CSC2NC(=O)C3NCC(c4ccccc4)C3N2)n1. The Hall–Kier alpha value is -2.88. The van der Waals surface area contributed by atoms with Crippen LogP contribution in [0.4, 0.5) is 0 Å². The molecular weight excluding hydrogens is 426 g/mol. The number of aromatic nitrogens is 2. The molecule has 32 heavy (non-hydrogen) atoms. The molecule has 5 rings (SSSR count). The van der Waals surface area contributed by atoms with Crippen molar-refractivity contribution in [1.29, 1.82) is 0 Å². The first-order valence-corrected chi connectivity index (χ1v) is 11.8. The largest absolute Gasteiger partial charge is 0.493 e. The lowest BCUT2D eigenvalue weighted by atomic mass is 9.90. The standard InChI is InChI=1S/C23H25N5O3S/c1-2-30-17-11-7-6-10-15(17)21-25-18(31-28-21)13-32-23-26-19-16(14-8-4-3-5-9-14)12-24-20(19)22(29)27-23/h3-11,16,19-20,23-24,26H,2,12-13H2,1H3,(H,27,29). The average molecular weight is 452 g/mol. The van der Waals surface area contributed by atoms with Crippen molar-refractivity contribution in [3.05, 3.63) is 66.1 Å². The summed E-state index contributed by atoms with van der Waals surface area (Å²) in [6.45, 7) is 3.27. The van der Waals surface area contributed by atoms with Gasteiger partial charge in [-0.25, -0.2) is 0 Å². The van der Waals surface area contributed by atoms with E-state index in [0.717, 1.165) is 17.9 Å². The summed E-state index contributed by atoms with van der Waals surface area (Å²) in [5, 5.41) is 14.1. The zero-order chi connectivity index (χ0) is 21.9. The summed E-state index contributed by atoms with van der Waals surface area (Å²) in [5.74, 6) is 2.45. The fraction of sp³-hybridized carbons (Fsp3) is 0.348. The fourth-order valence-corrected chi connectivity index (χ4v) is 5.15. The van der Waals surface area contributed by atoms with Crippen LogP contribution in [0.3, 0.4) is 0 Å². The quantitative estimate of drug-likeness (QED) is 0.504. The van der Waals surface area contributed by atoms with Crippen LogP contribution in [-0.4, -0.2) is 46.8 Å². The van der Waals surface area contributed by atoms with Gasteiger partial charge < -0.3 is 19.9 Å². The van der Waals surface area contributed by atoms with Crippen molar-refractivity contribution in [1.82, 2.24) is 26.1 Å². The predicted octanol–water partition coefficient (Wildman–Crippen LogP) is 2.50. The molecule has 4 unspecified atom stereocenters. The highest BCUT2D eigenvalue weighted by Crippen LogP contribution is 2.31. The van der Waals surface area contributed by atoms with Crippen molar-refractivity contribution < 1.29 is 14.1 Å². The van der Waals surface area contributed by atoms with Crippen LogP contribution in [0.5, 0.6) is 5.75 Å². The Morgan fingerprint density at radius 2 is 1.97 bits per heavy atom. The molecule has 3 heterocycles. The Labute approximate surface area is 190 Å². The van der Waals surface area contributed by atoms with Crippen molar-refractivity contribution in [2.45, 2.75) is 36.2 Å². The number of para-hydroxylation sites is 1. The van der Waals surface area contributed by atoms with Gasteiger partial charge in [-0.05, 0) is 24.6 Å². The number of ether oxygens (including phenoxy) is 1. The maximum absolute atomic E-state index is 12.7. The molecule has 3 aromatic rings. The van der Waals surface area contributed by atoms with E-state index in [4.69, 9.17) is 9.26 Å². The molecule has 3 N–H and O–H groups in total. The fourth-order valence-electron chi connectivity index (χ4n) is 4.27. The number of nitrogens with one attached hydrogen (secondary N) is 3. The second kappa shape index (κ2) is 9.32. The zero-order valence-electron chi connectivity index (χ0n) is 17.7. The topological polar surface area (TPSA) is 101 Å². The first kappa shape index (κ1) is 21.0. The van der Waals surface area contributed by atoms with E-state index in [-0.39, 0.29) is 29.4 Å². The van der Waals surface area contributed by atoms with Crippen LogP contribution in [0.15, 0.2) is 59.1 Å².